The molecule has 2 aromatic rings. The molecule has 6 nitrogen and oxygen atoms in total. The molecule has 1 aliphatic rings. The Morgan fingerprint density at radius 1 is 1.19 bits per heavy atom. The number of benzene rings is 2. The highest BCUT2D eigenvalue weighted by Gasteiger charge is 2.34. The van der Waals surface area contributed by atoms with Crippen LogP contribution in [0.2, 0.25) is 5.02 Å². The number of nitrogens with one attached hydrogen (secondary N) is 1. The van der Waals surface area contributed by atoms with Gasteiger partial charge in [-0.25, -0.2) is 9.18 Å². The lowest BCUT2D eigenvalue weighted by Gasteiger charge is -2.37. The van der Waals surface area contributed by atoms with Gasteiger partial charge >= 0.3 is 12.0 Å². The van der Waals surface area contributed by atoms with Crippen LogP contribution in [0.5, 0.6) is 5.75 Å². The highest BCUT2D eigenvalue weighted by atomic mass is 35.5. The van der Waals surface area contributed by atoms with E-state index in [1.54, 1.807) is 4.90 Å². The molecule has 1 fully saturated rings. The molecule has 8 heteroatoms. The average Bonchev–Trinajstić information content (AvgIpc) is 2.77. The molecule has 0 radical (unpaired) electrons. The Bertz CT molecular complexity index is 990. The van der Waals surface area contributed by atoms with Crippen molar-refractivity contribution in [1.29, 1.82) is 0 Å². The van der Waals surface area contributed by atoms with Gasteiger partial charge in [0.25, 0.3) is 0 Å². The summed E-state index contributed by atoms with van der Waals surface area (Å²) < 4.78 is 19.4. The first kappa shape index (κ1) is 23.9. The molecule has 2 aromatic carbocycles. The van der Waals surface area contributed by atoms with Crippen molar-refractivity contribution in [3.05, 3.63) is 52.8 Å². The number of halogens is 2. The first-order valence-corrected chi connectivity index (χ1v) is 11.1. The highest BCUT2D eigenvalue weighted by molar-refractivity contribution is 6.31. The fourth-order valence-electron chi connectivity index (χ4n) is 4.22. The Hall–Kier alpha value is -2.80. The Balaban J connectivity index is 1.97. The number of anilines is 2. The number of carboxylic acid groups (broad SMARTS) is 1. The minimum absolute atomic E-state index is 0.103. The zero-order valence-corrected chi connectivity index (χ0v) is 19.2. The van der Waals surface area contributed by atoms with E-state index in [1.165, 1.54) is 13.2 Å². The van der Waals surface area contributed by atoms with Gasteiger partial charge in [0.15, 0.2) is 0 Å². The summed E-state index contributed by atoms with van der Waals surface area (Å²) in [5.41, 5.74) is 1.93. The van der Waals surface area contributed by atoms with Gasteiger partial charge in [-0.3, -0.25) is 9.69 Å². The average molecular weight is 463 g/mol. The molecule has 1 aliphatic carbocycles. The molecular formula is C24H28ClFN2O4. The van der Waals surface area contributed by atoms with Crippen molar-refractivity contribution in [2.75, 3.05) is 17.3 Å². The maximum atomic E-state index is 14.1. The predicted octanol–water partition coefficient (Wildman–Crippen LogP) is 6.29. The van der Waals surface area contributed by atoms with E-state index in [1.807, 2.05) is 38.1 Å². The van der Waals surface area contributed by atoms with E-state index in [0.29, 0.717) is 25.7 Å². The second kappa shape index (κ2) is 10.2. The maximum Gasteiger partial charge on any atom is 0.326 e. The maximum absolute atomic E-state index is 14.1. The standard InChI is InChI=1S/C24H28ClFN2O4/c1-14(2)17-6-4-5-7-21(17)28(16-10-8-15(9-11-16)23(29)30)24(31)27-20-13-19(26)18(25)12-22(20)32-3/h4-7,12-16H,8-11H2,1-3H3,(H,27,31)(H,29,30)/t15-,16-. The Morgan fingerprint density at radius 2 is 1.84 bits per heavy atom. The van der Waals surface area contributed by atoms with Crippen LogP contribution in [0.25, 0.3) is 0 Å². The van der Waals surface area contributed by atoms with Crippen molar-refractivity contribution in [3.8, 4) is 5.75 Å². The molecule has 172 valence electrons. The summed E-state index contributed by atoms with van der Waals surface area (Å²) in [6, 6.07) is 9.49. The molecule has 3 rings (SSSR count). The van der Waals surface area contributed by atoms with Crippen LogP contribution >= 0.6 is 11.6 Å². The SMILES string of the molecule is COc1cc(Cl)c(F)cc1NC(=O)N(c1ccccc1C(C)C)[C@H]1CC[C@H](C(=O)O)CC1. The van der Waals surface area contributed by atoms with E-state index < -0.39 is 23.7 Å². The van der Waals surface area contributed by atoms with Crippen molar-refractivity contribution in [2.45, 2.75) is 51.5 Å². The van der Waals surface area contributed by atoms with E-state index in [9.17, 15) is 19.1 Å². The number of amides is 2. The third-order valence-electron chi connectivity index (χ3n) is 5.93. The number of rotatable bonds is 6. The third kappa shape index (κ3) is 5.15. The first-order valence-electron chi connectivity index (χ1n) is 10.7. The normalized spacial score (nSPS) is 18.3. The Kier molecular flexibility index (Phi) is 7.61. The summed E-state index contributed by atoms with van der Waals surface area (Å²) in [6.45, 7) is 4.10. The number of hydrogen-bond acceptors (Lipinski definition) is 3. The number of methoxy groups -OCH3 is 1. The van der Waals surface area contributed by atoms with Gasteiger partial charge in [-0.1, -0.05) is 43.6 Å². The lowest BCUT2D eigenvalue weighted by molar-refractivity contribution is -0.142. The van der Waals surface area contributed by atoms with E-state index >= 15 is 0 Å². The molecule has 0 atom stereocenters. The summed E-state index contributed by atoms with van der Waals surface area (Å²) in [5.74, 6) is -1.46. The van der Waals surface area contributed by atoms with Gasteiger partial charge in [-0.15, -0.1) is 0 Å². The van der Waals surface area contributed by atoms with Gasteiger partial charge in [-0.2, -0.15) is 0 Å². The number of hydrogen-bond donors (Lipinski definition) is 2. The molecule has 0 spiro atoms. The van der Waals surface area contributed by atoms with Gasteiger partial charge in [0.05, 0.1) is 23.7 Å². The Morgan fingerprint density at radius 3 is 2.44 bits per heavy atom. The second-order valence-corrected chi connectivity index (χ2v) is 8.73. The molecule has 1 saturated carbocycles. The molecule has 0 aliphatic heterocycles. The summed E-state index contributed by atoms with van der Waals surface area (Å²) >= 11 is 5.85. The van der Waals surface area contributed by atoms with E-state index in [-0.39, 0.29) is 28.4 Å². The number of carbonyl (C=O) groups excluding carboxylic acids is 1. The zero-order chi connectivity index (χ0) is 23.4. The van der Waals surface area contributed by atoms with Crippen LogP contribution < -0.4 is 15.0 Å². The Labute approximate surface area is 192 Å². The van der Waals surface area contributed by atoms with Crippen LogP contribution in [0.4, 0.5) is 20.6 Å². The highest BCUT2D eigenvalue weighted by Crippen LogP contribution is 2.36. The molecule has 0 saturated heterocycles. The number of urea groups is 1. The molecule has 0 unspecified atom stereocenters. The second-order valence-electron chi connectivity index (χ2n) is 8.32. The molecule has 0 aromatic heterocycles. The fraction of sp³-hybridized carbons (Fsp3) is 0.417. The van der Waals surface area contributed by atoms with Crippen molar-refractivity contribution in [3.63, 3.8) is 0 Å². The van der Waals surface area contributed by atoms with Gasteiger partial charge in [-0.05, 0) is 43.2 Å². The smallest absolute Gasteiger partial charge is 0.326 e. The quantitative estimate of drug-likeness (QED) is 0.528. The largest absolute Gasteiger partial charge is 0.495 e. The van der Waals surface area contributed by atoms with Gasteiger partial charge in [0.1, 0.15) is 11.6 Å². The van der Waals surface area contributed by atoms with Crippen molar-refractivity contribution < 1.29 is 23.8 Å². The molecule has 2 amide bonds. The van der Waals surface area contributed by atoms with Crippen molar-refractivity contribution in [1.82, 2.24) is 0 Å². The minimum atomic E-state index is -0.802. The van der Waals surface area contributed by atoms with Crippen molar-refractivity contribution in [2.24, 2.45) is 5.92 Å². The van der Waals surface area contributed by atoms with Gasteiger partial charge < -0.3 is 15.2 Å². The van der Waals surface area contributed by atoms with Crippen molar-refractivity contribution >= 4 is 35.0 Å². The van der Waals surface area contributed by atoms with Crippen LogP contribution in [0, 0.1) is 11.7 Å². The molecule has 2 N–H and O–H groups in total. The zero-order valence-electron chi connectivity index (χ0n) is 18.4. The number of carboxylic acids is 1. The topological polar surface area (TPSA) is 78.9 Å². The number of aliphatic carboxylic acids is 1. The summed E-state index contributed by atoms with van der Waals surface area (Å²) in [7, 11) is 1.41. The summed E-state index contributed by atoms with van der Waals surface area (Å²) in [6.07, 6.45) is 2.10. The molecule has 0 heterocycles. The lowest BCUT2D eigenvalue weighted by Crippen LogP contribution is -2.46. The first-order chi connectivity index (χ1) is 15.2. The molecule has 0 bridgehead atoms. The van der Waals surface area contributed by atoms with Gasteiger partial charge in [0.2, 0.25) is 0 Å². The number of nitrogens with zero attached hydrogens (tertiary/aromatic N) is 1. The van der Waals surface area contributed by atoms with E-state index in [2.05, 4.69) is 5.32 Å². The number of ether oxygens (including phenoxy) is 1. The lowest BCUT2D eigenvalue weighted by atomic mass is 9.85. The summed E-state index contributed by atoms with van der Waals surface area (Å²) in [4.78, 5) is 26.6. The monoisotopic (exact) mass is 462 g/mol. The predicted molar refractivity (Wildman–Crippen MR) is 123 cm³/mol. The van der Waals surface area contributed by atoms with Crippen LogP contribution in [0.3, 0.4) is 0 Å². The number of para-hydroxylation sites is 1. The van der Waals surface area contributed by atoms with Crippen LogP contribution in [-0.4, -0.2) is 30.3 Å². The van der Waals surface area contributed by atoms with E-state index in [4.69, 9.17) is 16.3 Å². The van der Waals surface area contributed by atoms with Crippen LogP contribution in [-0.2, 0) is 4.79 Å². The molecule has 32 heavy (non-hydrogen) atoms. The third-order valence-corrected chi connectivity index (χ3v) is 6.22. The molecular weight excluding hydrogens is 435 g/mol. The fourth-order valence-corrected chi connectivity index (χ4v) is 4.37. The minimum Gasteiger partial charge on any atom is -0.495 e. The summed E-state index contributed by atoms with van der Waals surface area (Å²) in [5, 5.41) is 12.0. The van der Waals surface area contributed by atoms with Crippen LogP contribution in [0.1, 0.15) is 51.0 Å². The van der Waals surface area contributed by atoms with Gasteiger partial charge in [0, 0.05) is 23.9 Å². The number of carbonyl (C=O) groups is 2. The van der Waals surface area contributed by atoms with E-state index in [0.717, 1.165) is 17.3 Å². The van der Waals surface area contributed by atoms with Crippen LogP contribution in [0.15, 0.2) is 36.4 Å².